The molecule has 2 aromatic rings. The molecule has 0 radical (unpaired) electrons. The molecule has 1 saturated carbocycles. The van der Waals surface area contributed by atoms with Gasteiger partial charge in [0.2, 0.25) is 16.9 Å². The van der Waals surface area contributed by atoms with E-state index in [-0.39, 0.29) is 5.82 Å². The first-order chi connectivity index (χ1) is 11.4. The molecule has 1 atom stereocenters. The third-order valence-electron chi connectivity index (χ3n) is 3.66. The van der Waals surface area contributed by atoms with Crippen LogP contribution in [0.3, 0.4) is 0 Å². The van der Waals surface area contributed by atoms with Gasteiger partial charge < -0.3 is 15.8 Å². The zero-order valence-corrected chi connectivity index (χ0v) is 13.7. The quantitative estimate of drug-likeness (QED) is 0.784. The molecule has 1 aliphatic rings. The van der Waals surface area contributed by atoms with E-state index in [1.165, 1.54) is 42.5 Å². The maximum atomic E-state index is 13.0. The SMILES string of the molecule is CC(C(N)=O)C(=O)Nc1nc(C2CC2)c(Oc2ccc(F)cc2)s1. The number of nitrogens with zero attached hydrogens (tertiary/aromatic N) is 1. The van der Waals surface area contributed by atoms with Crippen molar-refractivity contribution in [1.82, 2.24) is 4.98 Å². The molecule has 1 fully saturated rings. The van der Waals surface area contributed by atoms with Crippen molar-refractivity contribution in [2.24, 2.45) is 11.7 Å². The number of anilines is 1. The topological polar surface area (TPSA) is 94.3 Å². The number of halogens is 1. The van der Waals surface area contributed by atoms with Gasteiger partial charge in [-0.05, 0) is 44.0 Å². The van der Waals surface area contributed by atoms with Crippen molar-refractivity contribution >= 4 is 28.3 Å². The van der Waals surface area contributed by atoms with Crippen LogP contribution in [0.25, 0.3) is 0 Å². The number of ether oxygens (including phenoxy) is 1. The number of aromatic nitrogens is 1. The lowest BCUT2D eigenvalue weighted by Crippen LogP contribution is -2.32. The third kappa shape index (κ3) is 3.70. The molecule has 1 heterocycles. The van der Waals surface area contributed by atoms with Gasteiger partial charge in [0.1, 0.15) is 23.2 Å². The smallest absolute Gasteiger partial charge is 0.238 e. The number of thiazole rings is 1. The van der Waals surface area contributed by atoms with Crippen molar-refractivity contribution in [3.05, 3.63) is 35.8 Å². The van der Waals surface area contributed by atoms with Crippen molar-refractivity contribution in [2.45, 2.75) is 25.7 Å². The summed E-state index contributed by atoms with van der Waals surface area (Å²) in [6, 6.07) is 5.67. The molecule has 0 spiro atoms. The number of rotatable bonds is 6. The molecule has 6 nitrogen and oxygen atoms in total. The van der Waals surface area contributed by atoms with Crippen LogP contribution >= 0.6 is 11.3 Å². The van der Waals surface area contributed by atoms with Crippen LogP contribution in [0.1, 0.15) is 31.4 Å². The lowest BCUT2D eigenvalue weighted by molar-refractivity contribution is -0.129. The number of hydrogen-bond donors (Lipinski definition) is 2. The van der Waals surface area contributed by atoms with Crippen LogP contribution in [0.5, 0.6) is 10.8 Å². The van der Waals surface area contributed by atoms with E-state index < -0.39 is 17.7 Å². The number of carbonyl (C=O) groups excluding carboxylic acids is 2. The molecule has 1 aliphatic carbocycles. The normalized spacial score (nSPS) is 14.9. The van der Waals surface area contributed by atoms with E-state index in [0.717, 1.165) is 18.5 Å². The van der Waals surface area contributed by atoms with Gasteiger partial charge in [0.15, 0.2) is 5.13 Å². The summed E-state index contributed by atoms with van der Waals surface area (Å²) in [5, 5.41) is 3.50. The highest BCUT2D eigenvalue weighted by atomic mass is 32.1. The molecule has 1 aromatic carbocycles. The van der Waals surface area contributed by atoms with Gasteiger partial charge in [-0.25, -0.2) is 9.37 Å². The van der Waals surface area contributed by atoms with Gasteiger partial charge in [0.25, 0.3) is 0 Å². The van der Waals surface area contributed by atoms with E-state index in [1.54, 1.807) is 0 Å². The number of hydrogen-bond acceptors (Lipinski definition) is 5. The second-order valence-electron chi connectivity index (χ2n) is 5.64. The average Bonchev–Trinajstić information content (AvgIpc) is 3.31. The fraction of sp³-hybridized carbons (Fsp3) is 0.312. The van der Waals surface area contributed by atoms with Gasteiger partial charge in [0.05, 0.1) is 0 Å². The minimum atomic E-state index is -0.945. The van der Waals surface area contributed by atoms with Crippen LogP contribution in [0.15, 0.2) is 24.3 Å². The van der Waals surface area contributed by atoms with Crippen molar-refractivity contribution in [1.29, 1.82) is 0 Å². The van der Waals surface area contributed by atoms with Gasteiger partial charge in [-0.3, -0.25) is 9.59 Å². The summed E-state index contributed by atoms with van der Waals surface area (Å²) < 4.78 is 18.8. The Labute approximate surface area is 141 Å². The number of nitrogens with one attached hydrogen (secondary N) is 1. The Kier molecular flexibility index (Phi) is 4.48. The van der Waals surface area contributed by atoms with Crippen LogP contribution in [0, 0.1) is 11.7 Å². The summed E-state index contributed by atoms with van der Waals surface area (Å²) in [7, 11) is 0. The van der Waals surface area contributed by atoms with Crippen molar-refractivity contribution in [2.75, 3.05) is 5.32 Å². The van der Waals surface area contributed by atoms with Gasteiger partial charge >= 0.3 is 0 Å². The molecular formula is C16H16FN3O3S. The van der Waals surface area contributed by atoms with E-state index in [2.05, 4.69) is 10.3 Å². The summed E-state index contributed by atoms with van der Waals surface area (Å²) in [6.45, 7) is 1.43. The first-order valence-corrected chi connectivity index (χ1v) is 8.30. The van der Waals surface area contributed by atoms with E-state index in [1.807, 2.05) is 0 Å². The van der Waals surface area contributed by atoms with Crippen LogP contribution in [-0.4, -0.2) is 16.8 Å². The van der Waals surface area contributed by atoms with Gasteiger partial charge in [-0.1, -0.05) is 11.3 Å². The molecule has 1 unspecified atom stereocenters. The van der Waals surface area contributed by atoms with Crippen LogP contribution < -0.4 is 15.8 Å². The lowest BCUT2D eigenvalue weighted by Gasteiger charge is -2.05. The highest BCUT2D eigenvalue weighted by Crippen LogP contribution is 2.48. The zero-order valence-electron chi connectivity index (χ0n) is 12.9. The number of benzene rings is 1. The molecule has 126 valence electrons. The fourth-order valence-corrected chi connectivity index (χ4v) is 2.94. The van der Waals surface area contributed by atoms with Crippen LogP contribution in [0.4, 0.5) is 9.52 Å². The van der Waals surface area contributed by atoms with E-state index in [4.69, 9.17) is 10.5 Å². The first-order valence-electron chi connectivity index (χ1n) is 7.48. The Hall–Kier alpha value is -2.48. The van der Waals surface area contributed by atoms with E-state index in [9.17, 15) is 14.0 Å². The summed E-state index contributed by atoms with van der Waals surface area (Å²) in [5.41, 5.74) is 5.90. The first kappa shape index (κ1) is 16.4. The Morgan fingerprint density at radius 1 is 1.38 bits per heavy atom. The molecule has 3 N–H and O–H groups in total. The third-order valence-corrected chi connectivity index (χ3v) is 4.52. The summed E-state index contributed by atoms with van der Waals surface area (Å²) in [6.07, 6.45) is 2.02. The van der Waals surface area contributed by atoms with Crippen molar-refractivity contribution in [3.63, 3.8) is 0 Å². The minimum Gasteiger partial charge on any atom is -0.445 e. The second-order valence-corrected chi connectivity index (χ2v) is 6.60. The fourth-order valence-electron chi connectivity index (χ4n) is 2.01. The minimum absolute atomic E-state index is 0.302. The van der Waals surface area contributed by atoms with E-state index in [0.29, 0.717) is 21.9 Å². The van der Waals surface area contributed by atoms with Gasteiger partial charge in [-0.15, -0.1) is 0 Å². The molecule has 24 heavy (non-hydrogen) atoms. The van der Waals surface area contributed by atoms with Crippen molar-refractivity contribution in [3.8, 4) is 10.8 Å². The number of carbonyl (C=O) groups is 2. The molecule has 8 heteroatoms. The Morgan fingerprint density at radius 3 is 2.62 bits per heavy atom. The second kappa shape index (κ2) is 6.56. The highest BCUT2D eigenvalue weighted by Gasteiger charge is 2.32. The average molecular weight is 349 g/mol. The number of primary amides is 1. The van der Waals surface area contributed by atoms with Crippen LogP contribution in [0.2, 0.25) is 0 Å². The van der Waals surface area contributed by atoms with Gasteiger partial charge in [0, 0.05) is 5.92 Å². The Balaban J connectivity index is 1.79. The monoisotopic (exact) mass is 349 g/mol. The largest absolute Gasteiger partial charge is 0.445 e. The van der Waals surface area contributed by atoms with Crippen LogP contribution in [-0.2, 0) is 9.59 Å². The Bertz CT molecular complexity index is 771. The molecule has 0 saturated heterocycles. The molecule has 0 bridgehead atoms. The molecular weight excluding hydrogens is 333 g/mol. The molecule has 2 amide bonds. The number of amides is 2. The maximum Gasteiger partial charge on any atom is 0.238 e. The predicted molar refractivity (Wildman–Crippen MR) is 87.6 cm³/mol. The maximum absolute atomic E-state index is 13.0. The predicted octanol–water partition coefficient (Wildman–Crippen LogP) is 3.01. The summed E-state index contributed by atoms with van der Waals surface area (Å²) in [5.74, 6) is -1.70. The highest BCUT2D eigenvalue weighted by molar-refractivity contribution is 7.17. The summed E-state index contributed by atoms with van der Waals surface area (Å²) in [4.78, 5) is 27.4. The zero-order chi connectivity index (χ0) is 17.3. The molecule has 1 aromatic heterocycles. The molecule has 3 rings (SSSR count). The number of nitrogens with two attached hydrogens (primary N) is 1. The standard InChI is InChI=1S/C16H16FN3O3S/c1-8(13(18)21)14(22)20-16-19-12(9-2-3-9)15(24-16)23-11-6-4-10(17)5-7-11/h4-9H,2-3H2,1H3,(H2,18,21)(H,19,20,22). The molecule has 0 aliphatic heterocycles. The summed E-state index contributed by atoms with van der Waals surface area (Å²) >= 11 is 1.17. The van der Waals surface area contributed by atoms with Crippen molar-refractivity contribution < 1.29 is 18.7 Å². The van der Waals surface area contributed by atoms with Gasteiger partial charge in [-0.2, -0.15) is 0 Å². The van der Waals surface area contributed by atoms with E-state index >= 15 is 0 Å². The lowest BCUT2D eigenvalue weighted by atomic mass is 10.1. The Morgan fingerprint density at radius 2 is 2.04 bits per heavy atom.